The summed E-state index contributed by atoms with van der Waals surface area (Å²) in [6.07, 6.45) is -0.691. The van der Waals surface area contributed by atoms with Gasteiger partial charge in [-0.1, -0.05) is 73.4 Å². The first-order valence-corrected chi connectivity index (χ1v) is 15.0. The van der Waals surface area contributed by atoms with Crippen molar-refractivity contribution in [3.8, 4) is 28.6 Å². The molecule has 228 valence electrons. The minimum Gasteiger partial charge on any atom is -0.491 e. The lowest BCUT2D eigenvalue weighted by atomic mass is 10.1. The Bertz CT molecular complexity index is 1720. The maximum absolute atomic E-state index is 13.1. The summed E-state index contributed by atoms with van der Waals surface area (Å²) >= 11 is 12.7. The van der Waals surface area contributed by atoms with E-state index in [0.29, 0.717) is 56.1 Å². The number of halogens is 2. The normalized spacial score (nSPS) is 12.0. The molecule has 0 aliphatic carbocycles. The van der Waals surface area contributed by atoms with Crippen LogP contribution in [-0.4, -0.2) is 30.4 Å². The molecule has 5 rings (SSSR count). The van der Waals surface area contributed by atoms with Gasteiger partial charge in [-0.25, -0.2) is 0 Å². The van der Waals surface area contributed by atoms with Crippen LogP contribution in [-0.2, 0) is 13.2 Å². The van der Waals surface area contributed by atoms with E-state index < -0.39 is 6.10 Å². The predicted octanol–water partition coefficient (Wildman–Crippen LogP) is 7.66. The summed E-state index contributed by atoms with van der Waals surface area (Å²) in [5.41, 5.74) is 2.37. The van der Waals surface area contributed by atoms with Gasteiger partial charge < -0.3 is 29.1 Å². The number of rotatable bonds is 13. The van der Waals surface area contributed by atoms with Crippen LogP contribution < -0.4 is 25.0 Å². The van der Waals surface area contributed by atoms with Gasteiger partial charge in [0.2, 0.25) is 0 Å². The van der Waals surface area contributed by atoms with Crippen LogP contribution in [0.1, 0.15) is 25.0 Å². The fraction of sp³-hybridized carbons (Fsp3) is 0.229. The highest BCUT2D eigenvalue weighted by Gasteiger charge is 2.14. The summed E-state index contributed by atoms with van der Waals surface area (Å²) < 4.78 is 24.2. The monoisotopic (exact) mass is 633 g/mol. The molecule has 9 heteroatoms. The molecule has 1 unspecified atom stereocenters. The molecule has 2 N–H and O–H groups in total. The number of benzene rings is 4. The van der Waals surface area contributed by atoms with Crippen molar-refractivity contribution in [3.05, 3.63) is 122 Å². The van der Waals surface area contributed by atoms with E-state index in [1.165, 1.54) is 6.07 Å². The Morgan fingerprint density at radius 3 is 1.98 bits per heavy atom. The second-order valence-corrected chi connectivity index (χ2v) is 11.4. The van der Waals surface area contributed by atoms with Crippen molar-refractivity contribution < 1.29 is 23.7 Å². The average molecular weight is 635 g/mol. The summed E-state index contributed by atoms with van der Waals surface area (Å²) in [7, 11) is 0. The van der Waals surface area contributed by atoms with Crippen molar-refractivity contribution in [2.75, 3.05) is 13.2 Å². The first kappa shape index (κ1) is 31.4. The lowest BCUT2D eigenvalue weighted by Gasteiger charge is -2.15. The lowest BCUT2D eigenvalue weighted by Crippen LogP contribution is -2.35. The van der Waals surface area contributed by atoms with Gasteiger partial charge in [0.1, 0.15) is 54.5 Å². The zero-order chi connectivity index (χ0) is 31.1. The molecule has 0 saturated carbocycles. The quantitative estimate of drug-likeness (QED) is 0.137. The van der Waals surface area contributed by atoms with Crippen molar-refractivity contribution in [2.45, 2.75) is 39.2 Å². The van der Waals surface area contributed by atoms with Crippen molar-refractivity contribution in [3.63, 3.8) is 0 Å². The highest BCUT2D eigenvalue weighted by Crippen LogP contribution is 2.33. The molecule has 0 radical (unpaired) electrons. The van der Waals surface area contributed by atoms with E-state index in [1.807, 2.05) is 50.2 Å². The van der Waals surface area contributed by atoms with E-state index in [9.17, 15) is 9.90 Å². The number of hydrogen-bond acceptors (Lipinski definition) is 7. The molecule has 1 aromatic heterocycles. The fourth-order valence-electron chi connectivity index (χ4n) is 4.42. The molecular weight excluding hydrogens is 601 g/mol. The topological polar surface area (TPSA) is 90.2 Å². The zero-order valence-corrected chi connectivity index (χ0v) is 25.9. The Morgan fingerprint density at radius 1 is 0.773 bits per heavy atom. The van der Waals surface area contributed by atoms with Gasteiger partial charge in [0, 0.05) is 57.5 Å². The Balaban J connectivity index is 1.44. The summed E-state index contributed by atoms with van der Waals surface area (Å²) in [6.45, 7) is 4.96. The number of hydrogen-bond donors (Lipinski definition) is 2. The van der Waals surface area contributed by atoms with E-state index in [2.05, 4.69) is 5.32 Å². The molecule has 44 heavy (non-hydrogen) atoms. The third-order valence-corrected chi connectivity index (χ3v) is 7.51. The van der Waals surface area contributed by atoms with E-state index in [0.717, 1.165) is 11.1 Å². The Kier molecular flexibility index (Phi) is 10.5. The van der Waals surface area contributed by atoms with E-state index in [1.54, 1.807) is 48.5 Å². The maximum atomic E-state index is 13.1. The van der Waals surface area contributed by atoms with Gasteiger partial charge in [-0.2, -0.15) is 0 Å². The van der Waals surface area contributed by atoms with Crippen LogP contribution in [0.3, 0.4) is 0 Å². The van der Waals surface area contributed by atoms with Crippen molar-refractivity contribution >= 4 is 34.2 Å². The third kappa shape index (κ3) is 8.33. The van der Waals surface area contributed by atoms with Gasteiger partial charge in [-0.05, 0) is 36.4 Å². The molecule has 1 heterocycles. The van der Waals surface area contributed by atoms with Gasteiger partial charge in [-0.15, -0.1) is 0 Å². The van der Waals surface area contributed by atoms with Crippen LogP contribution >= 0.6 is 23.2 Å². The molecule has 0 aliphatic heterocycles. The highest BCUT2D eigenvalue weighted by molar-refractivity contribution is 6.31. The number of aliphatic hydroxyl groups excluding tert-OH is 1. The number of ether oxygens (including phenoxy) is 3. The lowest BCUT2D eigenvalue weighted by molar-refractivity contribution is 0.104. The standard InChI is InChI=1S/C35H33Cl2NO6/c1-22(2)38-18-26(39)21-43-27-11-12-30-33(40)17-34(44-35(30)16-27)25-13-28(41-19-23-7-3-5-9-31(23)36)15-29(14-25)42-20-24-8-4-6-10-32(24)37/h3-17,22,26,38-39H,18-21H2,1-2H3. The highest BCUT2D eigenvalue weighted by atomic mass is 35.5. The minimum atomic E-state index is -0.691. The van der Waals surface area contributed by atoms with Crippen molar-refractivity contribution in [1.29, 1.82) is 0 Å². The summed E-state index contributed by atoms with van der Waals surface area (Å²) in [5.74, 6) is 1.80. The van der Waals surface area contributed by atoms with Crippen LogP contribution in [0.25, 0.3) is 22.3 Å². The van der Waals surface area contributed by atoms with Gasteiger partial charge >= 0.3 is 0 Å². The number of nitrogens with one attached hydrogen (secondary N) is 1. The minimum absolute atomic E-state index is 0.0894. The van der Waals surface area contributed by atoms with Crippen LogP contribution in [0.15, 0.2) is 100 Å². The van der Waals surface area contributed by atoms with Gasteiger partial charge in [0.25, 0.3) is 0 Å². The van der Waals surface area contributed by atoms with Crippen LogP contribution in [0.4, 0.5) is 0 Å². The average Bonchev–Trinajstić information content (AvgIpc) is 3.01. The van der Waals surface area contributed by atoms with Crippen LogP contribution in [0.2, 0.25) is 10.0 Å². The molecule has 4 aromatic carbocycles. The Morgan fingerprint density at radius 2 is 1.39 bits per heavy atom. The summed E-state index contributed by atoms with van der Waals surface area (Å²) in [4.78, 5) is 13.1. The summed E-state index contributed by atoms with van der Waals surface area (Å²) in [5, 5.41) is 15.0. The van der Waals surface area contributed by atoms with Gasteiger partial charge in [0.05, 0.1) is 5.39 Å². The molecule has 5 aromatic rings. The molecule has 0 spiro atoms. The van der Waals surface area contributed by atoms with E-state index >= 15 is 0 Å². The van der Waals surface area contributed by atoms with E-state index in [-0.39, 0.29) is 31.3 Å². The fourth-order valence-corrected chi connectivity index (χ4v) is 4.80. The molecule has 0 amide bonds. The molecule has 0 aliphatic rings. The second-order valence-electron chi connectivity index (χ2n) is 10.6. The first-order chi connectivity index (χ1) is 21.2. The van der Waals surface area contributed by atoms with Gasteiger partial charge in [0.15, 0.2) is 5.43 Å². The van der Waals surface area contributed by atoms with E-state index in [4.69, 9.17) is 41.8 Å². The van der Waals surface area contributed by atoms with Crippen molar-refractivity contribution in [1.82, 2.24) is 5.32 Å². The van der Waals surface area contributed by atoms with Crippen molar-refractivity contribution in [2.24, 2.45) is 0 Å². The summed E-state index contributed by atoms with van der Waals surface area (Å²) in [6, 6.07) is 26.9. The third-order valence-electron chi connectivity index (χ3n) is 6.77. The van der Waals surface area contributed by atoms with Gasteiger partial charge in [-0.3, -0.25) is 4.79 Å². The molecule has 0 fully saturated rings. The maximum Gasteiger partial charge on any atom is 0.193 e. The Labute approximate surface area is 265 Å². The zero-order valence-electron chi connectivity index (χ0n) is 24.4. The predicted molar refractivity (Wildman–Crippen MR) is 174 cm³/mol. The largest absolute Gasteiger partial charge is 0.491 e. The molecule has 1 atom stereocenters. The molecule has 0 saturated heterocycles. The molecule has 0 bridgehead atoms. The number of aliphatic hydroxyl groups is 1. The Hall–Kier alpha value is -4.01. The SMILES string of the molecule is CC(C)NCC(O)COc1ccc2c(=O)cc(-c3cc(OCc4ccccc4Cl)cc(OCc4ccccc4Cl)c3)oc2c1. The first-order valence-electron chi connectivity index (χ1n) is 14.2. The van der Waals surface area contributed by atoms with Crippen LogP contribution in [0, 0.1) is 0 Å². The molecule has 7 nitrogen and oxygen atoms in total. The molecular formula is C35H33Cl2NO6. The smallest absolute Gasteiger partial charge is 0.193 e. The number of fused-ring (bicyclic) bond motifs is 1. The van der Waals surface area contributed by atoms with Crippen LogP contribution in [0.5, 0.6) is 17.2 Å². The second kappa shape index (κ2) is 14.6.